The van der Waals surface area contributed by atoms with Gasteiger partial charge in [-0.3, -0.25) is 9.48 Å². The van der Waals surface area contributed by atoms with Crippen molar-refractivity contribution < 1.29 is 4.79 Å². The second-order valence-electron chi connectivity index (χ2n) is 7.28. The van der Waals surface area contributed by atoms with Crippen molar-refractivity contribution in [3.05, 3.63) is 52.8 Å². The van der Waals surface area contributed by atoms with Gasteiger partial charge in [0, 0.05) is 11.3 Å². The van der Waals surface area contributed by atoms with E-state index in [-0.39, 0.29) is 5.78 Å². The number of hydrogen-bond acceptors (Lipinski definition) is 2. The van der Waals surface area contributed by atoms with Crippen LogP contribution in [0, 0.1) is 0 Å². The lowest BCUT2D eigenvalue weighted by Gasteiger charge is -2.25. The van der Waals surface area contributed by atoms with Gasteiger partial charge in [0.2, 0.25) is 0 Å². The van der Waals surface area contributed by atoms with E-state index in [2.05, 4.69) is 4.68 Å². The van der Waals surface area contributed by atoms with E-state index in [1.54, 1.807) is 0 Å². The summed E-state index contributed by atoms with van der Waals surface area (Å²) in [7, 11) is 0. The maximum Gasteiger partial charge on any atom is 0.168 e. The van der Waals surface area contributed by atoms with E-state index in [1.165, 1.54) is 56.2 Å². The highest BCUT2D eigenvalue weighted by atomic mass is 16.1. The summed E-state index contributed by atoms with van der Waals surface area (Å²) in [6, 6.07) is 10.2. The van der Waals surface area contributed by atoms with Crippen LogP contribution in [0.25, 0.3) is 0 Å². The molecule has 1 fully saturated rings. The number of carbonyl (C=O) groups excluding carboxylic acids is 1. The first-order valence-electron chi connectivity index (χ1n) is 9.50. The summed E-state index contributed by atoms with van der Waals surface area (Å²) in [5.74, 6) is 0.192. The molecule has 24 heavy (non-hydrogen) atoms. The fraction of sp³-hybridized carbons (Fsp3) is 0.524. The second-order valence-corrected chi connectivity index (χ2v) is 7.28. The molecule has 1 heterocycles. The zero-order valence-corrected chi connectivity index (χ0v) is 14.3. The SMILES string of the molecule is O=C(Cc1nn(C2CCCCC2)c2c1CCCC2)c1ccccc1. The zero-order valence-electron chi connectivity index (χ0n) is 14.3. The van der Waals surface area contributed by atoms with Gasteiger partial charge in [-0.05, 0) is 44.1 Å². The molecule has 2 aliphatic carbocycles. The summed E-state index contributed by atoms with van der Waals surface area (Å²) in [6.45, 7) is 0. The molecule has 0 N–H and O–H groups in total. The third-order valence-electron chi connectivity index (χ3n) is 5.64. The molecule has 2 aliphatic rings. The first kappa shape index (κ1) is 15.6. The molecule has 126 valence electrons. The van der Waals surface area contributed by atoms with Crippen LogP contribution in [-0.4, -0.2) is 15.6 Å². The van der Waals surface area contributed by atoms with Crippen LogP contribution in [-0.2, 0) is 19.3 Å². The Labute approximate surface area is 144 Å². The van der Waals surface area contributed by atoms with Crippen LogP contribution in [0.1, 0.15) is 78.3 Å². The van der Waals surface area contributed by atoms with E-state index < -0.39 is 0 Å². The number of rotatable bonds is 4. The number of nitrogens with zero attached hydrogens (tertiary/aromatic N) is 2. The number of carbonyl (C=O) groups is 1. The molecule has 0 bridgehead atoms. The van der Waals surface area contributed by atoms with Crippen molar-refractivity contribution in [2.45, 2.75) is 70.3 Å². The quantitative estimate of drug-likeness (QED) is 0.765. The van der Waals surface area contributed by atoms with Gasteiger partial charge in [-0.1, -0.05) is 49.6 Å². The molecule has 1 aromatic carbocycles. The molecule has 2 aromatic rings. The Hall–Kier alpha value is -1.90. The summed E-state index contributed by atoms with van der Waals surface area (Å²) in [6.07, 6.45) is 11.7. The van der Waals surface area contributed by atoms with E-state index in [4.69, 9.17) is 5.10 Å². The van der Waals surface area contributed by atoms with Crippen LogP contribution in [0.2, 0.25) is 0 Å². The van der Waals surface area contributed by atoms with Crippen LogP contribution < -0.4 is 0 Å². The standard InChI is InChI=1S/C21H26N2O/c24-21(16-9-3-1-4-10-16)15-19-18-13-7-8-14-20(18)23(22-19)17-11-5-2-6-12-17/h1,3-4,9-10,17H,2,5-8,11-15H2. The van der Waals surface area contributed by atoms with Crippen LogP contribution in [0.3, 0.4) is 0 Å². The first-order valence-corrected chi connectivity index (χ1v) is 9.50. The molecule has 0 unspecified atom stereocenters. The number of ketones is 1. The molecule has 0 aliphatic heterocycles. The monoisotopic (exact) mass is 322 g/mol. The highest BCUT2D eigenvalue weighted by Gasteiger charge is 2.26. The molecule has 0 atom stereocenters. The van der Waals surface area contributed by atoms with Crippen LogP contribution in [0.4, 0.5) is 0 Å². The molecule has 3 heteroatoms. The van der Waals surface area contributed by atoms with E-state index in [1.807, 2.05) is 30.3 Å². The first-order chi connectivity index (χ1) is 11.8. The summed E-state index contributed by atoms with van der Waals surface area (Å²) in [4.78, 5) is 12.6. The highest BCUT2D eigenvalue weighted by molar-refractivity contribution is 5.97. The minimum atomic E-state index is 0.192. The van der Waals surface area contributed by atoms with Gasteiger partial charge in [0.25, 0.3) is 0 Å². The molecule has 0 radical (unpaired) electrons. The molecule has 4 rings (SSSR count). The van der Waals surface area contributed by atoms with E-state index in [0.29, 0.717) is 12.5 Å². The zero-order chi connectivity index (χ0) is 16.4. The van der Waals surface area contributed by atoms with Gasteiger partial charge in [-0.2, -0.15) is 5.10 Å². The van der Waals surface area contributed by atoms with Gasteiger partial charge in [0.1, 0.15) is 0 Å². The Kier molecular flexibility index (Phi) is 4.50. The third-order valence-corrected chi connectivity index (χ3v) is 5.64. The Balaban J connectivity index is 1.63. The van der Waals surface area contributed by atoms with E-state index in [0.717, 1.165) is 24.1 Å². The highest BCUT2D eigenvalue weighted by Crippen LogP contribution is 2.33. The Morgan fingerprint density at radius 2 is 1.75 bits per heavy atom. The van der Waals surface area contributed by atoms with Crippen molar-refractivity contribution in [3.63, 3.8) is 0 Å². The van der Waals surface area contributed by atoms with Gasteiger partial charge in [0.15, 0.2) is 5.78 Å². The van der Waals surface area contributed by atoms with Gasteiger partial charge < -0.3 is 0 Å². The normalized spacial score (nSPS) is 18.3. The van der Waals surface area contributed by atoms with Crippen LogP contribution in [0.5, 0.6) is 0 Å². The van der Waals surface area contributed by atoms with Crippen molar-refractivity contribution in [1.82, 2.24) is 9.78 Å². The van der Waals surface area contributed by atoms with Crippen LogP contribution in [0.15, 0.2) is 30.3 Å². The molecule has 0 amide bonds. The van der Waals surface area contributed by atoms with Gasteiger partial charge in [0.05, 0.1) is 18.2 Å². The van der Waals surface area contributed by atoms with E-state index in [9.17, 15) is 4.79 Å². The number of benzene rings is 1. The molecule has 0 saturated heterocycles. The van der Waals surface area contributed by atoms with Gasteiger partial charge >= 0.3 is 0 Å². The molecule has 0 spiro atoms. The lowest BCUT2D eigenvalue weighted by molar-refractivity contribution is 0.0991. The minimum Gasteiger partial charge on any atom is -0.294 e. The number of Topliss-reactive ketones (excluding diaryl/α,β-unsaturated/α-hetero) is 1. The summed E-state index contributed by atoms with van der Waals surface area (Å²) in [5.41, 5.74) is 4.67. The Bertz CT molecular complexity index is 711. The maximum absolute atomic E-state index is 12.6. The smallest absolute Gasteiger partial charge is 0.168 e. The van der Waals surface area contributed by atoms with Gasteiger partial charge in [-0.15, -0.1) is 0 Å². The topological polar surface area (TPSA) is 34.9 Å². The lowest BCUT2D eigenvalue weighted by Crippen LogP contribution is -2.18. The summed E-state index contributed by atoms with van der Waals surface area (Å²) < 4.78 is 2.32. The fourth-order valence-electron chi connectivity index (χ4n) is 4.35. The summed E-state index contributed by atoms with van der Waals surface area (Å²) in [5, 5.41) is 4.98. The van der Waals surface area contributed by atoms with Crippen LogP contribution >= 0.6 is 0 Å². The maximum atomic E-state index is 12.6. The van der Waals surface area contributed by atoms with E-state index >= 15 is 0 Å². The van der Waals surface area contributed by atoms with Crippen molar-refractivity contribution in [1.29, 1.82) is 0 Å². The predicted octanol–water partition coefficient (Wildman–Crippen LogP) is 4.69. The average Bonchev–Trinajstić information content (AvgIpc) is 3.02. The minimum absolute atomic E-state index is 0.192. The van der Waals surface area contributed by atoms with Crippen molar-refractivity contribution >= 4 is 5.78 Å². The fourth-order valence-corrected chi connectivity index (χ4v) is 4.35. The third kappa shape index (κ3) is 3.04. The molecule has 1 saturated carbocycles. The Morgan fingerprint density at radius 1 is 1.00 bits per heavy atom. The largest absolute Gasteiger partial charge is 0.294 e. The van der Waals surface area contributed by atoms with Crippen molar-refractivity contribution in [3.8, 4) is 0 Å². The van der Waals surface area contributed by atoms with Crippen molar-refractivity contribution in [2.75, 3.05) is 0 Å². The number of fused-ring (bicyclic) bond motifs is 1. The lowest BCUT2D eigenvalue weighted by atomic mass is 9.92. The Morgan fingerprint density at radius 3 is 2.54 bits per heavy atom. The molecule has 3 nitrogen and oxygen atoms in total. The van der Waals surface area contributed by atoms with Gasteiger partial charge in [-0.25, -0.2) is 0 Å². The van der Waals surface area contributed by atoms with Crippen molar-refractivity contribution in [2.24, 2.45) is 0 Å². The molecular weight excluding hydrogens is 296 g/mol. The summed E-state index contributed by atoms with van der Waals surface area (Å²) >= 11 is 0. The molecule has 1 aromatic heterocycles. The predicted molar refractivity (Wildman–Crippen MR) is 95.5 cm³/mol. The molecular formula is C21H26N2O. The average molecular weight is 322 g/mol. The number of hydrogen-bond donors (Lipinski definition) is 0. The number of aromatic nitrogens is 2. The second kappa shape index (κ2) is 6.92.